The van der Waals surface area contributed by atoms with Crippen LogP contribution in [0, 0.1) is 19.7 Å². The van der Waals surface area contributed by atoms with E-state index in [1.807, 2.05) is 13.8 Å². The van der Waals surface area contributed by atoms with Gasteiger partial charge >= 0.3 is 6.01 Å². The maximum atomic E-state index is 15.4. The van der Waals surface area contributed by atoms with Crippen molar-refractivity contribution in [3.8, 4) is 22.9 Å². The highest BCUT2D eigenvalue weighted by Gasteiger charge is 2.34. The van der Waals surface area contributed by atoms with Crippen LogP contribution < -0.4 is 4.74 Å². The first-order valence-corrected chi connectivity index (χ1v) is 13.2. The Morgan fingerprint density at radius 3 is 2.56 bits per heavy atom. The highest BCUT2D eigenvalue weighted by molar-refractivity contribution is 6.33. The summed E-state index contributed by atoms with van der Waals surface area (Å²) in [5.41, 5.74) is 2.67. The molecule has 0 bridgehead atoms. The van der Waals surface area contributed by atoms with E-state index in [9.17, 15) is 10.2 Å². The van der Waals surface area contributed by atoms with E-state index in [1.165, 1.54) is 6.07 Å². The van der Waals surface area contributed by atoms with E-state index in [2.05, 4.69) is 19.5 Å². The van der Waals surface area contributed by atoms with Gasteiger partial charge in [-0.2, -0.15) is 0 Å². The van der Waals surface area contributed by atoms with Gasteiger partial charge < -0.3 is 19.5 Å². The Labute approximate surface area is 229 Å². The number of aliphatic hydroxyl groups excluding tert-OH is 1. The van der Waals surface area contributed by atoms with Crippen LogP contribution >= 0.6 is 11.6 Å². The van der Waals surface area contributed by atoms with Crippen molar-refractivity contribution < 1.29 is 19.3 Å². The monoisotopic (exact) mass is 547 g/mol. The van der Waals surface area contributed by atoms with E-state index < -0.39 is 11.4 Å². The van der Waals surface area contributed by atoms with E-state index in [-0.39, 0.29) is 18.7 Å². The number of hydrogen-bond acceptors (Lipinski definition) is 7. The van der Waals surface area contributed by atoms with Gasteiger partial charge in [-0.1, -0.05) is 11.6 Å². The molecule has 0 spiro atoms. The van der Waals surface area contributed by atoms with Crippen molar-refractivity contribution in [2.45, 2.75) is 51.2 Å². The zero-order valence-corrected chi connectivity index (χ0v) is 22.3. The van der Waals surface area contributed by atoms with Gasteiger partial charge in [0, 0.05) is 46.6 Å². The molecule has 10 heteroatoms. The van der Waals surface area contributed by atoms with Gasteiger partial charge in [0.2, 0.25) is 0 Å². The van der Waals surface area contributed by atoms with Crippen LogP contribution in [0.5, 0.6) is 11.8 Å². The predicted molar refractivity (Wildman–Crippen MR) is 147 cm³/mol. The number of pyridine rings is 1. The Kier molecular flexibility index (Phi) is 6.45. The lowest BCUT2D eigenvalue weighted by Crippen LogP contribution is -2.38. The highest BCUT2D eigenvalue weighted by Crippen LogP contribution is 2.40. The number of nitrogens with zero attached hydrogens (tertiary/aromatic N) is 5. The van der Waals surface area contributed by atoms with Gasteiger partial charge in [0.25, 0.3) is 0 Å². The number of aromatic nitrogens is 5. The Morgan fingerprint density at radius 1 is 1.05 bits per heavy atom. The molecule has 39 heavy (non-hydrogen) atoms. The molecule has 1 aliphatic rings. The van der Waals surface area contributed by atoms with Gasteiger partial charge in [0.15, 0.2) is 0 Å². The van der Waals surface area contributed by atoms with Crippen LogP contribution in [0.2, 0.25) is 5.02 Å². The molecule has 6 rings (SSSR count). The maximum absolute atomic E-state index is 15.4. The van der Waals surface area contributed by atoms with Crippen LogP contribution in [0.4, 0.5) is 4.39 Å². The summed E-state index contributed by atoms with van der Waals surface area (Å²) in [5.74, 6) is 0.816. The SMILES string of the molecule is Cc1ccnc(Oc2ccc(-c3cc4c(cc3F)ncc3nc(C)n(C5CCC(O)(CO)CC5)c34)c(Cl)c2)n1. The van der Waals surface area contributed by atoms with Crippen LogP contribution in [-0.2, 0) is 0 Å². The number of benzene rings is 2. The molecule has 5 aromatic rings. The minimum absolute atomic E-state index is 0.0878. The third-order valence-corrected chi connectivity index (χ3v) is 7.85. The number of halogens is 2. The molecule has 2 aromatic carbocycles. The zero-order chi connectivity index (χ0) is 27.3. The molecule has 0 amide bonds. The van der Waals surface area contributed by atoms with Crippen molar-refractivity contribution in [3.05, 3.63) is 71.2 Å². The molecule has 8 nitrogen and oxygen atoms in total. The summed E-state index contributed by atoms with van der Waals surface area (Å²) in [5, 5.41) is 21.2. The molecule has 3 heterocycles. The first-order valence-electron chi connectivity index (χ1n) is 12.8. The number of fused-ring (bicyclic) bond motifs is 3. The lowest BCUT2D eigenvalue weighted by atomic mass is 9.82. The first-order chi connectivity index (χ1) is 18.7. The number of ether oxygens (including phenoxy) is 1. The first kappa shape index (κ1) is 25.6. The number of aliphatic hydroxyl groups is 2. The van der Waals surface area contributed by atoms with Crippen molar-refractivity contribution in [2.24, 2.45) is 0 Å². The van der Waals surface area contributed by atoms with Crippen molar-refractivity contribution in [1.82, 2.24) is 24.5 Å². The Morgan fingerprint density at radius 2 is 1.85 bits per heavy atom. The molecule has 0 atom stereocenters. The molecular weight excluding hydrogens is 521 g/mol. The molecule has 3 aromatic heterocycles. The summed E-state index contributed by atoms with van der Waals surface area (Å²) in [6, 6.07) is 10.3. The van der Waals surface area contributed by atoms with Gasteiger partial charge in [-0.05, 0) is 63.8 Å². The fourth-order valence-corrected chi connectivity index (χ4v) is 5.75. The number of hydrogen-bond donors (Lipinski definition) is 2. The van der Waals surface area contributed by atoms with E-state index in [4.69, 9.17) is 21.3 Å². The highest BCUT2D eigenvalue weighted by atomic mass is 35.5. The Bertz CT molecular complexity index is 1720. The number of rotatable bonds is 5. The summed E-state index contributed by atoms with van der Waals surface area (Å²) >= 11 is 6.64. The number of aryl methyl sites for hydroxylation is 2. The van der Waals surface area contributed by atoms with Gasteiger partial charge in [-0.25, -0.2) is 19.3 Å². The second kappa shape index (κ2) is 9.82. The summed E-state index contributed by atoms with van der Waals surface area (Å²) in [4.78, 5) is 17.6. The topological polar surface area (TPSA) is 106 Å². The standard InChI is InChI=1S/C29H27ClFN5O3/c1-16-7-10-32-28(34-16)39-19-3-4-20(23(30)11-19)21-12-22-25(13-24(21)31)33-14-26-27(22)36(17(2)35-26)18-5-8-29(38,15-37)9-6-18/h3-4,7,10-14,18,37-38H,5-6,8-9,15H2,1-2H3. The molecule has 0 aliphatic heterocycles. The van der Waals surface area contributed by atoms with Crippen molar-refractivity contribution in [2.75, 3.05) is 6.61 Å². The third-order valence-electron chi connectivity index (χ3n) is 7.54. The summed E-state index contributed by atoms with van der Waals surface area (Å²) in [6.45, 7) is 3.54. The summed E-state index contributed by atoms with van der Waals surface area (Å²) < 4.78 is 23.3. The molecule has 2 N–H and O–H groups in total. The van der Waals surface area contributed by atoms with E-state index in [0.29, 0.717) is 58.6 Å². The quantitative estimate of drug-likeness (QED) is 0.274. The normalized spacial score (nSPS) is 19.6. The largest absolute Gasteiger partial charge is 0.424 e. The second-order valence-corrected chi connectivity index (χ2v) is 10.6. The van der Waals surface area contributed by atoms with E-state index in [0.717, 1.165) is 22.4 Å². The van der Waals surface area contributed by atoms with Crippen LogP contribution in [0.3, 0.4) is 0 Å². The smallest absolute Gasteiger partial charge is 0.322 e. The van der Waals surface area contributed by atoms with Crippen LogP contribution in [-0.4, -0.2) is 46.9 Å². The fourth-order valence-electron chi connectivity index (χ4n) is 5.48. The lowest BCUT2D eigenvalue weighted by molar-refractivity contribution is -0.0500. The van der Waals surface area contributed by atoms with Crippen molar-refractivity contribution >= 4 is 33.5 Å². The molecule has 0 unspecified atom stereocenters. The Hall–Kier alpha value is -3.66. The summed E-state index contributed by atoms with van der Waals surface area (Å²) in [7, 11) is 0. The minimum Gasteiger partial charge on any atom is -0.424 e. The van der Waals surface area contributed by atoms with Crippen LogP contribution in [0.1, 0.15) is 43.2 Å². The van der Waals surface area contributed by atoms with Gasteiger partial charge in [0.1, 0.15) is 22.9 Å². The second-order valence-electron chi connectivity index (χ2n) is 10.2. The molecule has 1 fully saturated rings. The molecule has 0 saturated heterocycles. The fraction of sp³-hybridized carbons (Fsp3) is 0.310. The van der Waals surface area contributed by atoms with Crippen molar-refractivity contribution in [1.29, 1.82) is 0 Å². The maximum Gasteiger partial charge on any atom is 0.322 e. The van der Waals surface area contributed by atoms with E-state index >= 15 is 4.39 Å². The third kappa shape index (κ3) is 4.71. The lowest BCUT2D eigenvalue weighted by Gasteiger charge is -2.35. The molecular formula is C29H27ClFN5O3. The molecule has 1 saturated carbocycles. The zero-order valence-electron chi connectivity index (χ0n) is 21.5. The molecule has 1 aliphatic carbocycles. The number of imidazole rings is 1. The van der Waals surface area contributed by atoms with Crippen LogP contribution in [0.25, 0.3) is 33.1 Å². The van der Waals surface area contributed by atoms with Gasteiger partial charge in [-0.15, -0.1) is 0 Å². The summed E-state index contributed by atoms with van der Waals surface area (Å²) in [6.07, 6.45) is 5.65. The average Bonchev–Trinajstić information content (AvgIpc) is 3.25. The van der Waals surface area contributed by atoms with E-state index in [1.54, 1.807) is 42.7 Å². The Balaban J connectivity index is 1.42. The van der Waals surface area contributed by atoms with Crippen molar-refractivity contribution in [3.63, 3.8) is 0 Å². The predicted octanol–water partition coefficient (Wildman–Crippen LogP) is 6.08. The average molecular weight is 548 g/mol. The molecule has 0 radical (unpaired) electrons. The molecule has 200 valence electrons. The van der Waals surface area contributed by atoms with Crippen LogP contribution in [0.15, 0.2) is 48.8 Å². The van der Waals surface area contributed by atoms with Gasteiger partial charge in [-0.3, -0.25) is 4.98 Å². The van der Waals surface area contributed by atoms with Gasteiger partial charge in [0.05, 0.1) is 34.5 Å². The minimum atomic E-state index is -1.04.